The smallest absolute Gasteiger partial charge is 0.416 e. The van der Waals surface area contributed by atoms with Gasteiger partial charge in [0.15, 0.2) is 5.11 Å². The molecule has 0 aliphatic carbocycles. The van der Waals surface area contributed by atoms with Crippen LogP contribution in [0.15, 0.2) is 66.2 Å². The number of rotatable bonds is 3. The summed E-state index contributed by atoms with van der Waals surface area (Å²) in [5.41, 5.74) is -0.725. The van der Waals surface area contributed by atoms with Crippen molar-refractivity contribution in [1.82, 2.24) is 5.32 Å². The van der Waals surface area contributed by atoms with Crippen molar-refractivity contribution in [3.05, 3.63) is 77.4 Å². The first kappa shape index (κ1) is 21.5. The van der Waals surface area contributed by atoms with Crippen molar-refractivity contribution < 1.29 is 27.5 Å². The summed E-state index contributed by atoms with van der Waals surface area (Å²) in [5, 5.41) is 3.60. The maximum absolute atomic E-state index is 13.2. The monoisotopic (exact) mass is 456 g/mol. The summed E-state index contributed by atoms with van der Waals surface area (Å²) in [6.45, 7) is 0. The quantitative estimate of drug-likeness (QED) is 0.353. The SMILES string of the molecule is COc1ccc(/C=C2\C(=O)NC(=S)N(c3cccc(C(F)(F)F)c3)C2=O)c2ccccc12. The van der Waals surface area contributed by atoms with Gasteiger partial charge in [0, 0.05) is 5.39 Å². The zero-order chi connectivity index (χ0) is 23.0. The number of ether oxygens (including phenoxy) is 1. The van der Waals surface area contributed by atoms with E-state index in [4.69, 9.17) is 17.0 Å². The van der Waals surface area contributed by atoms with E-state index in [2.05, 4.69) is 5.32 Å². The molecular formula is C23H15F3N2O3S. The number of fused-ring (bicyclic) bond motifs is 1. The number of benzene rings is 3. The maximum atomic E-state index is 13.2. The minimum absolute atomic E-state index is 0.0969. The number of amides is 2. The molecule has 0 bridgehead atoms. The van der Waals surface area contributed by atoms with E-state index in [1.54, 1.807) is 18.2 Å². The Hall–Kier alpha value is -3.72. The van der Waals surface area contributed by atoms with Gasteiger partial charge < -0.3 is 4.74 Å². The number of nitrogens with zero attached hydrogens (tertiary/aromatic N) is 1. The van der Waals surface area contributed by atoms with Gasteiger partial charge in [0.05, 0.1) is 18.4 Å². The van der Waals surface area contributed by atoms with Gasteiger partial charge in [-0.2, -0.15) is 13.2 Å². The molecule has 0 radical (unpaired) electrons. The molecule has 5 nitrogen and oxygen atoms in total. The molecule has 0 atom stereocenters. The van der Waals surface area contributed by atoms with Crippen LogP contribution in [0.4, 0.5) is 18.9 Å². The van der Waals surface area contributed by atoms with Gasteiger partial charge in [-0.1, -0.05) is 36.4 Å². The molecule has 4 rings (SSSR count). The molecule has 1 fully saturated rings. The molecule has 3 aromatic carbocycles. The Kier molecular flexibility index (Phi) is 5.43. The Morgan fingerprint density at radius 3 is 2.41 bits per heavy atom. The van der Waals surface area contributed by atoms with E-state index in [1.807, 2.05) is 18.2 Å². The highest BCUT2D eigenvalue weighted by Gasteiger charge is 2.36. The van der Waals surface area contributed by atoms with Crippen LogP contribution < -0.4 is 15.0 Å². The topological polar surface area (TPSA) is 58.6 Å². The number of hydrogen-bond donors (Lipinski definition) is 1. The first-order valence-electron chi connectivity index (χ1n) is 9.35. The predicted molar refractivity (Wildman–Crippen MR) is 118 cm³/mol. The highest BCUT2D eigenvalue weighted by molar-refractivity contribution is 7.80. The predicted octanol–water partition coefficient (Wildman–Crippen LogP) is 4.70. The van der Waals surface area contributed by atoms with Crippen LogP contribution in [0, 0.1) is 0 Å². The van der Waals surface area contributed by atoms with E-state index in [1.165, 1.54) is 25.3 Å². The summed E-state index contributed by atoms with van der Waals surface area (Å²) >= 11 is 5.08. The van der Waals surface area contributed by atoms with Crippen molar-refractivity contribution in [1.29, 1.82) is 0 Å². The zero-order valence-electron chi connectivity index (χ0n) is 16.6. The molecule has 1 aliphatic heterocycles. The standard InChI is InChI=1S/C23H15F3N2O3S/c1-31-19-10-9-13(16-7-2-3-8-17(16)19)11-18-20(29)27-22(32)28(21(18)30)15-6-4-5-14(12-15)23(24,25)26/h2-12H,1H3,(H,27,29,32)/b18-11+. The van der Waals surface area contributed by atoms with Crippen LogP contribution in [0.3, 0.4) is 0 Å². The van der Waals surface area contributed by atoms with Crippen LogP contribution >= 0.6 is 12.2 Å². The Bertz CT molecular complexity index is 1300. The van der Waals surface area contributed by atoms with Crippen LogP contribution in [0.2, 0.25) is 0 Å². The van der Waals surface area contributed by atoms with Crippen molar-refractivity contribution in [2.45, 2.75) is 6.18 Å². The van der Waals surface area contributed by atoms with E-state index >= 15 is 0 Å². The van der Waals surface area contributed by atoms with Crippen molar-refractivity contribution in [2.75, 3.05) is 12.0 Å². The lowest BCUT2D eigenvalue weighted by Crippen LogP contribution is -2.54. The summed E-state index contributed by atoms with van der Waals surface area (Å²) in [6.07, 6.45) is -3.21. The van der Waals surface area contributed by atoms with Crippen LogP contribution in [0.25, 0.3) is 16.8 Å². The Morgan fingerprint density at radius 1 is 1.00 bits per heavy atom. The molecule has 1 heterocycles. The Balaban J connectivity index is 1.81. The van der Waals surface area contributed by atoms with Gasteiger partial charge in [-0.25, -0.2) is 0 Å². The Labute approximate surface area is 186 Å². The molecule has 1 aliphatic rings. The van der Waals surface area contributed by atoms with Crippen LogP contribution in [0.5, 0.6) is 5.75 Å². The fraction of sp³-hybridized carbons (Fsp3) is 0.0870. The number of carbonyl (C=O) groups is 2. The molecule has 0 saturated carbocycles. The second-order valence-electron chi connectivity index (χ2n) is 6.91. The van der Waals surface area contributed by atoms with Crippen LogP contribution in [-0.2, 0) is 15.8 Å². The third kappa shape index (κ3) is 3.82. The average molecular weight is 456 g/mol. The molecule has 0 unspecified atom stereocenters. The summed E-state index contributed by atoms with van der Waals surface area (Å²) in [7, 11) is 1.53. The van der Waals surface area contributed by atoms with Crippen molar-refractivity contribution in [3.63, 3.8) is 0 Å². The molecule has 32 heavy (non-hydrogen) atoms. The fourth-order valence-electron chi connectivity index (χ4n) is 3.47. The maximum Gasteiger partial charge on any atom is 0.416 e. The summed E-state index contributed by atoms with van der Waals surface area (Å²) in [4.78, 5) is 26.6. The first-order valence-corrected chi connectivity index (χ1v) is 9.76. The van der Waals surface area contributed by atoms with Crippen LogP contribution in [-0.4, -0.2) is 24.0 Å². The van der Waals surface area contributed by atoms with E-state index in [0.717, 1.165) is 27.8 Å². The fourth-order valence-corrected chi connectivity index (χ4v) is 3.75. The minimum Gasteiger partial charge on any atom is -0.496 e. The van der Waals surface area contributed by atoms with Crippen LogP contribution in [0.1, 0.15) is 11.1 Å². The number of halogens is 3. The second-order valence-corrected chi connectivity index (χ2v) is 7.30. The first-order chi connectivity index (χ1) is 15.2. The molecule has 3 aromatic rings. The Morgan fingerprint density at radius 2 is 1.72 bits per heavy atom. The summed E-state index contributed by atoms with van der Waals surface area (Å²) in [6, 6.07) is 14.9. The van der Waals surface area contributed by atoms with Gasteiger partial charge >= 0.3 is 6.18 Å². The van der Waals surface area contributed by atoms with E-state index in [0.29, 0.717) is 11.3 Å². The number of hydrogen-bond acceptors (Lipinski definition) is 4. The van der Waals surface area contributed by atoms with E-state index < -0.39 is 23.6 Å². The molecule has 0 spiro atoms. The van der Waals surface area contributed by atoms with Gasteiger partial charge in [0.1, 0.15) is 11.3 Å². The number of carbonyl (C=O) groups excluding carboxylic acids is 2. The minimum atomic E-state index is -4.60. The lowest BCUT2D eigenvalue weighted by molar-refractivity contribution is -0.137. The summed E-state index contributed by atoms with van der Waals surface area (Å²) in [5.74, 6) is -0.935. The van der Waals surface area contributed by atoms with Gasteiger partial charge in [0.2, 0.25) is 0 Å². The number of nitrogens with one attached hydrogen (secondary N) is 1. The molecule has 1 N–H and O–H groups in total. The molecule has 1 saturated heterocycles. The number of alkyl halides is 3. The third-order valence-electron chi connectivity index (χ3n) is 4.97. The van der Waals surface area contributed by atoms with Crippen molar-refractivity contribution >= 4 is 51.7 Å². The van der Waals surface area contributed by atoms with Crippen molar-refractivity contribution in [2.24, 2.45) is 0 Å². The largest absolute Gasteiger partial charge is 0.496 e. The third-order valence-corrected chi connectivity index (χ3v) is 5.26. The lowest BCUT2D eigenvalue weighted by Gasteiger charge is -2.29. The number of anilines is 1. The van der Waals surface area contributed by atoms with Gasteiger partial charge in [-0.3, -0.25) is 19.8 Å². The number of thiocarbonyl (C=S) groups is 1. The van der Waals surface area contributed by atoms with E-state index in [9.17, 15) is 22.8 Å². The van der Waals surface area contributed by atoms with Crippen molar-refractivity contribution in [3.8, 4) is 5.75 Å². The molecule has 162 valence electrons. The van der Waals surface area contributed by atoms with Gasteiger partial charge in [-0.05, 0) is 53.5 Å². The average Bonchev–Trinajstić information content (AvgIpc) is 2.76. The molecular weight excluding hydrogens is 441 g/mol. The normalized spacial score (nSPS) is 15.9. The summed E-state index contributed by atoms with van der Waals surface area (Å²) < 4.78 is 44.8. The molecule has 9 heteroatoms. The van der Waals surface area contributed by atoms with E-state index in [-0.39, 0.29) is 16.4 Å². The molecule has 0 aromatic heterocycles. The molecule has 2 amide bonds. The van der Waals surface area contributed by atoms with Gasteiger partial charge in [0.25, 0.3) is 11.8 Å². The number of methoxy groups -OCH3 is 1. The highest BCUT2D eigenvalue weighted by atomic mass is 32.1. The second kappa shape index (κ2) is 8.08. The van der Waals surface area contributed by atoms with Gasteiger partial charge in [-0.15, -0.1) is 0 Å². The zero-order valence-corrected chi connectivity index (χ0v) is 17.4. The highest BCUT2D eigenvalue weighted by Crippen LogP contribution is 2.33. The lowest BCUT2D eigenvalue weighted by atomic mass is 10.00.